The first kappa shape index (κ1) is 13.9. The standard InChI is InChI=1S/C13H13F3N2S/c1-8-5-11(19-9(8)2)7-18-12-4-3-10(6-17-12)13(14,15)16/h3-6H,7H2,1-2H3,(H,17,18). The maximum atomic E-state index is 12.4. The summed E-state index contributed by atoms with van der Waals surface area (Å²) in [6.45, 7) is 4.64. The van der Waals surface area contributed by atoms with Crippen molar-refractivity contribution in [2.24, 2.45) is 0 Å². The van der Waals surface area contributed by atoms with Crippen LogP contribution in [0.4, 0.5) is 19.0 Å². The van der Waals surface area contributed by atoms with Gasteiger partial charge in [0.05, 0.1) is 12.1 Å². The molecule has 0 fully saturated rings. The Morgan fingerprint density at radius 3 is 2.47 bits per heavy atom. The molecule has 0 bridgehead atoms. The Bertz CT molecular complexity index is 539. The number of thiophene rings is 1. The Labute approximate surface area is 113 Å². The smallest absolute Gasteiger partial charge is 0.365 e. The molecule has 0 amide bonds. The van der Waals surface area contributed by atoms with Crippen molar-refractivity contribution in [2.45, 2.75) is 26.6 Å². The van der Waals surface area contributed by atoms with E-state index in [1.165, 1.54) is 16.5 Å². The molecule has 1 N–H and O–H groups in total. The zero-order valence-corrected chi connectivity index (χ0v) is 11.3. The largest absolute Gasteiger partial charge is 0.417 e. The van der Waals surface area contributed by atoms with Gasteiger partial charge in [0.25, 0.3) is 0 Å². The molecule has 2 nitrogen and oxygen atoms in total. The van der Waals surface area contributed by atoms with Gasteiger partial charge < -0.3 is 5.32 Å². The third-order valence-corrected chi connectivity index (χ3v) is 3.90. The lowest BCUT2D eigenvalue weighted by Crippen LogP contribution is -2.06. The van der Waals surface area contributed by atoms with E-state index in [1.807, 2.05) is 13.8 Å². The number of anilines is 1. The minimum atomic E-state index is -4.34. The van der Waals surface area contributed by atoms with E-state index in [0.29, 0.717) is 12.4 Å². The SMILES string of the molecule is Cc1cc(CNc2ccc(C(F)(F)F)cn2)sc1C. The van der Waals surface area contributed by atoms with Crippen LogP contribution in [0.3, 0.4) is 0 Å². The predicted octanol–water partition coefficient (Wildman–Crippen LogP) is 4.39. The van der Waals surface area contributed by atoms with E-state index in [-0.39, 0.29) is 0 Å². The third kappa shape index (κ3) is 3.47. The Morgan fingerprint density at radius 2 is 2.00 bits per heavy atom. The van der Waals surface area contributed by atoms with Crippen LogP contribution in [-0.4, -0.2) is 4.98 Å². The highest BCUT2D eigenvalue weighted by Gasteiger charge is 2.30. The number of hydrogen-bond donors (Lipinski definition) is 1. The van der Waals surface area contributed by atoms with Gasteiger partial charge in [0.1, 0.15) is 5.82 Å². The molecule has 0 aromatic carbocycles. The highest BCUT2D eigenvalue weighted by atomic mass is 32.1. The zero-order chi connectivity index (χ0) is 14.0. The van der Waals surface area contributed by atoms with Crippen LogP contribution in [0, 0.1) is 13.8 Å². The average molecular weight is 286 g/mol. The molecule has 2 aromatic rings. The number of aryl methyl sites for hydroxylation is 2. The molecule has 0 spiro atoms. The number of nitrogens with zero attached hydrogens (tertiary/aromatic N) is 1. The van der Waals surface area contributed by atoms with Crippen LogP contribution in [0.5, 0.6) is 0 Å². The van der Waals surface area contributed by atoms with Crippen LogP contribution in [0.1, 0.15) is 20.9 Å². The van der Waals surface area contributed by atoms with E-state index in [1.54, 1.807) is 11.3 Å². The molecule has 0 aliphatic rings. The van der Waals surface area contributed by atoms with Crippen LogP contribution in [0.2, 0.25) is 0 Å². The van der Waals surface area contributed by atoms with Crippen molar-refractivity contribution in [3.8, 4) is 0 Å². The number of halogens is 3. The van der Waals surface area contributed by atoms with Gasteiger partial charge in [-0.3, -0.25) is 0 Å². The molecule has 0 radical (unpaired) electrons. The second-order valence-electron chi connectivity index (χ2n) is 4.24. The van der Waals surface area contributed by atoms with Crippen molar-refractivity contribution in [1.29, 1.82) is 0 Å². The van der Waals surface area contributed by atoms with Gasteiger partial charge in [-0.25, -0.2) is 4.98 Å². The Balaban J connectivity index is 2.00. The summed E-state index contributed by atoms with van der Waals surface area (Å²) < 4.78 is 37.1. The number of alkyl halides is 3. The molecule has 0 saturated carbocycles. The molecule has 2 heterocycles. The van der Waals surface area contributed by atoms with Gasteiger partial charge in [0.2, 0.25) is 0 Å². The van der Waals surface area contributed by atoms with E-state index in [0.717, 1.165) is 17.1 Å². The van der Waals surface area contributed by atoms with Crippen molar-refractivity contribution in [3.05, 3.63) is 45.3 Å². The first-order valence-electron chi connectivity index (χ1n) is 5.69. The van der Waals surface area contributed by atoms with E-state index in [4.69, 9.17) is 0 Å². The fourth-order valence-electron chi connectivity index (χ4n) is 1.58. The van der Waals surface area contributed by atoms with Gasteiger partial charge in [0, 0.05) is 16.0 Å². The van der Waals surface area contributed by atoms with Crippen molar-refractivity contribution >= 4 is 17.2 Å². The van der Waals surface area contributed by atoms with Gasteiger partial charge in [0.15, 0.2) is 0 Å². The minimum absolute atomic E-state index is 0.441. The predicted molar refractivity (Wildman–Crippen MR) is 70.4 cm³/mol. The second kappa shape index (κ2) is 5.21. The average Bonchev–Trinajstić information content (AvgIpc) is 2.66. The lowest BCUT2D eigenvalue weighted by atomic mass is 10.2. The molecule has 0 aliphatic carbocycles. The number of rotatable bonds is 3. The Hall–Kier alpha value is -1.56. The van der Waals surface area contributed by atoms with E-state index in [9.17, 15) is 13.2 Å². The zero-order valence-electron chi connectivity index (χ0n) is 10.5. The van der Waals surface area contributed by atoms with Gasteiger partial charge >= 0.3 is 6.18 Å². The molecular weight excluding hydrogens is 273 g/mol. The summed E-state index contributed by atoms with van der Waals surface area (Å²) in [4.78, 5) is 6.15. The molecule has 19 heavy (non-hydrogen) atoms. The summed E-state index contributed by atoms with van der Waals surface area (Å²) in [5.74, 6) is 0.441. The summed E-state index contributed by atoms with van der Waals surface area (Å²) in [6.07, 6.45) is -3.50. The molecule has 0 saturated heterocycles. The quantitative estimate of drug-likeness (QED) is 0.905. The molecule has 2 rings (SSSR count). The number of nitrogens with one attached hydrogen (secondary N) is 1. The Morgan fingerprint density at radius 1 is 1.26 bits per heavy atom. The number of hydrogen-bond acceptors (Lipinski definition) is 3. The maximum absolute atomic E-state index is 12.4. The maximum Gasteiger partial charge on any atom is 0.417 e. The van der Waals surface area contributed by atoms with E-state index < -0.39 is 11.7 Å². The molecule has 0 atom stereocenters. The van der Waals surface area contributed by atoms with Crippen LogP contribution in [0.15, 0.2) is 24.4 Å². The lowest BCUT2D eigenvalue weighted by Gasteiger charge is -2.07. The highest BCUT2D eigenvalue weighted by Crippen LogP contribution is 2.29. The fraction of sp³-hybridized carbons (Fsp3) is 0.308. The molecule has 0 aliphatic heterocycles. The van der Waals surface area contributed by atoms with E-state index in [2.05, 4.69) is 16.4 Å². The summed E-state index contributed by atoms with van der Waals surface area (Å²) in [5.41, 5.74) is 0.489. The normalized spacial score (nSPS) is 11.6. The van der Waals surface area contributed by atoms with E-state index >= 15 is 0 Å². The van der Waals surface area contributed by atoms with Gasteiger partial charge in [-0.2, -0.15) is 13.2 Å². The highest BCUT2D eigenvalue weighted by molar-refractivity contribution is 7.12. The van der Waals surface area contributed by atoms with Gasteiger partial charge in [-0.05, 0) is 37.6 Å². The van der Waals surface area contributed by atoms with Crippen LogP contribution in [-0.2, 0) is 12.7 Å². The van der Waals surface area contributed by atoms with Crippen LogP contribution < -0.4 is 5.32 Å². The fourth-order valence-corrected chi connectivity index (χ4v) is 2.57. The lowest BCUT2D eigenvalue weighted by molar-refractivity contribution is -0.137. The third-order valence-electron chi connectivity index (χ3n) is 2.75. The van der Waals surface area contributed by atoms with Crippen LogP contribution in [0.25, 0.3) is 0 Å². The first-order chi connectivity index (χ1) is 8.86. The summed E-state index contributed by atoms with van der Waals surface area (Å²) in [7, 11) is 0. The molecule has 0 unspecified atom stereocenters. The van der Waals surface area contributed by atoms with Crippen molar-refractivity contribution in [1.82, 2.24) is 4.98 Å². The van der Waals surface area contributed by atoms with Crippen molar-refractivity contribution in [2.75, 3.05) is 5.32 Å². The Kier molecular flexibility index (Phi) is 3.80. The second-order valence-corrected chi connectivity index (χ2v) is 5.58. The van der Waals surface area contributed by atoms with Crippen molar-refractivity contribution < 1.29 is 13.2 Å². The molecule has 6 heteroatoms. The number of aromatic nitrogens is 1. The van der Waals surface area contributed by atoms with Crippen LogP contribution >= 0.6 is 11.3 Å². The number of pyridine rings is 1. The monoisotopic (exact) mass is 286 g/mol. The minimum Gasteiger partial charge on any atom is -0.365 e. The van der Waals surface area contributed by atoms with Crippen molar-refractivity contribution in [3.63, 3.8) is 0 Å². The molecule has 2 aromatic heterocycles. The van der Waals surface area contributed by atoms with Gasteiger partial charge in [-0.1, -0.05) is 0 Å². The summed E-state index contributed by atoms with van der Waals surface area (Å²) in [6, 6.07) is 4.44. The van der Waals surface area contributed by atoms with Gasteiger partial charge in [-0.15, -0.1) is 11.3 Å². The summed E-state index contributed by atoms with van der Waals surface area (Å²) >= 11 is 1.67. The summed E-state index contributed by atoms with van der Waals surface area (Å²) in [5, 5.41) is 3.01. The molecular formula is C13H13F3N2S. The first-order valence-corrected chi connectivity index (χ1v) is 6.51. The topological polar surface area (TPSA) is 24.9 Å². The molecule has 102 valence electrons.